The highest BCUT2D eigenvalue weighted by Crippen LogP contribution is 2.52. The Morgan fingerprint density at radius 3 is 3.00 bits per heavy atom. The lowest BCUT2D eigenvalue weighted by Crippen LogP contribution is -2.52. The van der Waals surface area contributed by atoms with Gasteiger partial charge in [-0.3, -0.25) is 0 Å². The monoisotopic (exact) mass is 205 g/mol. The maximum absolute atomic E-state index is 9.28. The number of hydrogen-bond acceptors (Lipinski definition) is 3. The van der Waals surface area contributed by atoms with Crippen molar-refractivity contribution in [2.75, 3.05) is 13.7 Å². The van der Waals surface area contributed by atoms with Crippen molar-refractivity contribution in [3.63, 3.8) is 0 Å². The minimum Gasteiger partial charge on any atom is -0.497 e. The van der Waals surface area contributed by atoms with Crippen LogP contribution in [-0.4, -0.2) is 19.8 Å². The van der Waals surface area contributed by atoms with Crippen molar-refractivity contribution >= 4 is 0 Å². The smallest absolute Gasteiger partial charge is 0.114 e. The molecule has 0 amide bonds. The summed E-state index contributed by atoms with van der Waals surface area (Å²) in [5.41, 5.74) is -0.446. The minimum absolute atomic E-state index is 0.0448. The Balaban J connectivity index is 2.18. The number of ether oxygens (including phenoxy) is 2. The van der Waals surface area contributed by atoms with Crippen LogP contribution in [0, 0.1) is 22.7 Å². The zero-order valence-electron chi connectivity index (χ0n) is 9.06. The van der Waals surface area contributed by atoms with Crippen LogP contribution in [0.1, 0.15) is 13.3 Å². The summed E-state index contributed by atoms with van der Waals surface area (Å²) in [6.07, 6.45) is 6.78. The van der Waals surface area contributed by atoms with Crippen LogP contribution in [0.2, 0.25) is 0 Å². The number of allylic oxidation sites excluding steroid dienone is 2. The molecule has 2 aliphatic carbocycles. The highest BCUT2D eigenvalue weighted by atomic mass is 16.5. The van der Waals surface area contributed by atoms with Gasteiger partial charge in [0.05, 0.1) is 19.3 Å². The van der Waals surface area contributed by atoms with E-state index in [1.54, 1.807) is 7.11 Å². The zero-order valence-corrected chi connectivity index (χ0v) is 9.06. The molecule has 0 aromatic heterocycles. The summed E-state index contributed by atoms with van der Waals surface area (Å²) in [5.74, 6) is 1.10. The van der Waals surface area contributed by atoms with Crippen LogP contribution < -0.4 is 0 Å². The van der Waals surface area contributed by atoms with Crippen molar-refractivity contribution in [3.8, 4) is 6.07 Å². The second kappa shape index (κ2) is 3.71. The number of nitriles is 1. The third kappa shape index (κ3) is 1.37. The van der Waals surface area contributed by atoms with E-state index < -0.39 is 5.41 Å². The van der Waals surface area contributed by atoms with Gasteiger partial charge in [-0.15, -0.1) is 0 Å². The average molecular weight is 205 g/mol. The summed E-state index contributed by atoms with van der Waals surface area (Å²) in [6.45, 7) is 2.62. The maximum Gasteiger partial charge on any atom is 0.114 e. The lowest BCUT2D eigenvalue weighted by molar-refractivity contribution is -0.0846. The molecule has 0 bridgehead atoms. The molecule has 15 heavy (non-hydrogen) atoms. The molecule has 1 saturated carbocycles. The lowest BCUT2D eigenvalue weighted by Gasteiger charge is -2.49. The van der Waals surface area contributed by atoms with Crippen molar-refractivity contribution < 1.29 is 9.47 Å². The third-order valence-corrected chi connectivity index (χ3v) is 3.30. The fourth-order valence-corrected chi connectivity index (χ4v) is 2.35. The average Bonchev–Trinajstić information content (AvgIpc) is 2.26. The quantitative estimate of drug-likeness (QED) is 0.708. The summed E-state index contributed by atoms with van der Waals surface area (Å²) < 4.78 is 10.7. The van der Waals surface area contributed by atoms with E-state index in [-0.39, 0.29) is 12.0 Å². The standard InChI is InChI=1S/C12H15NO2/c1-3-15-11-7-9-6-10(14-2)4-5-12(9,11)8-13/h4-6,9,11H,3,7H2,1-2H3/t9-,11-,12+/m0/s1. The molecule has 80 valence electrons. The highest BCUT2D eigenvalue weighted by Gasteiger charge is 2.55. The van der Waals surface area contributed by atoms with Crippen molar-refractivity contribution in [1.29, 1.82) is 5.26 Å². The van der Waals surface area contributed by atoms with Crippen LogP contribution in [0.15, 0.2) is 24.0 Å². The summed E-state index contributed by atoms with van der Waals surface area (Å²) in [4.78, 5) is 0. The van der Waals surface area contributed by atoms with Gasteiger partial charge in [0.15, 0.2) is 0 Å². The van der Waals surface area contributed by atoms with E-state index >= 15 is 0 Å². The van der Waals surface area contributed by atoms with Crippen molar-refractivity contribution in [3.05, 3.63) is 24.0 Å². The molecule has 1 fully saturated rings. The van der Waals surface area contributed by atoms with Crippen molar-refractivity contribution in [2.24, 2.45) is 11.3 Å². The molecule has 3 nitrogen and oxygen atoms in total. The largest absolute Gasteiger partial charge is 0.497 e. The number of fused-ring (bicyclic) bond motifs is 1. The first-order chi connectivity index (χ1) is 7.26. The molecule has 0 saturated heterocycles. The second-order valence-electron chi connectivity index (χ2n) is 3.94. The minimum atomic E-state index is -0.446. The molecular formula is C12H15NO2. The molecule has 0 aliphatic heterocycles. The van der Waals surface area contributed by atoms with E-state index in [0.717, 1.165) is 12.2 Å². The Morgan fingerprint density at radius 1 is 1.67 bits per heavy atom. The van der Waals surface area contributed by atoms with E-state index in [0.29, 0.717) is 6.61 Å². The van der Waals surface area contributed by atoms with E-state index in [4.69, 9.17) is 9.47 Å². The Bertz CT molecular complexity index is 353. The molecule has 3 heteroatoms. The molecule has 2 rings (SSSR count). The zero-order chi connectivity index (χ0) is 10.9. The first kappa shape index (κ1) is 10.3. The number of rotatable bonds is 3. The van der Waals surface area contributed by atoms with Crippen molar-refractivity contribution in [2.45, 2.75) is 19.4 Å². The number of hydrogen-bond donors (Lipinski definition) is 0. The Kier molecular flexibility index (Phi) is 2.54. The molecule has 0 aromatic carbocycles. The number of methoxy groups -OCH3 is 1. The van der Waals surface area contributed by atoms with Gasteiger partial charge >= 0.3 is 0 Å². The van der Waals surface area contributed by atoms with Gasteiger partial charge < -0.3 is 9.47 Å². The van der Waals surface area contributed by atoms with Crippen molar-refractivity contribution in [1.82, 2.24) is 0 Å². The second-order valence-corrected chi connectivity index (χ2v) is 3.94. The Hall–Kier alpha value is -1.27. The fourth-order valence-electron chi connectivity index (χ4n) is 2.35. The molecule has 0 aromatic rings. The van der Waals surface area contributed by atoms with E-state index in [1.807, 2.05) is 25.2 Å². The molecule has 0 radical (unpaired) electrons. The fraction of sp³-hybridized carbons (Fsp3) is 0.583. The third-order valence-electron chi connectivity index (χ3n) is 3.30. The van der Waals surface area contributed by atoms with Crippen LogP contribution in [0.5, 0.6) is 0 Å². The highest BCUT2D eigenvalue weighted by molar-refractivity contribution is 5.36. The topological polar surface area (TPSA) is 42.2 Å². The van der Waals surface area contributed by atoms with Crippen LogP contribution in [-0.2, 0) is 9.47 Å². The normalized spacial score (nSPS) is 37.3. The summed E-state index contributed by atoms with van der Waals surface area (Å²) in [6, 6.07) is 2.38. The molecule has 0 N–H and O–H groups in total. The van der Waals surface area contributed by atoms with Gasteiger partial charge in [0, 0.05) is 12.5 Å². The summed E-state index contributed by atoms with van der Waals surface area (Å²) in [7, 11) is 1.65. The Morgan fingerprint density at radius 2 is 2.47 bits per heavy atom. The van der Waals surface area contributed by atoms with Gasteiger partial charge in [0.25, 0.3) is 0 Å². The molecule has 3 atom stereocenters. The molecule has 0 heterocycles. The first-order valence-corrected chi connectivity index (χ1v) is 5.24. The summed E-state index contributed by atoms with van der Waals surface area (Å²) >= 11 is 0. The summed E-state index contributed by atoms with van der Waals surface area (Å²) in [5, 5.41) is 9.28. The van der Waals surface area contributed by atoms with E-state index in [2.05, 4.69) is 6.07 Å². The van der Waals surface area contributed by atoms with Gasteiger partial charge in [0.1, 0.15) is 11.2 Å². The Labute approximate surface area is 90.0 Å². The first-order valence-electron chi connectivity index (χ1n) is 5.24. The van der Waals surface area contributed by atoms with E-state index in [1.165, 1.54) is 0 Å². The van der Waals surface area contributed by atoms with Gasteiger partial charge in [-0.05, 0) is 25.5 Å². The molecular weight excluding hydrogens is 190 g/mol. The van der Waals surface area contributed by atoms with Gasteiger partial charge in [-0.2, -0.15) is 5.26 Å². The van der Waals surface area contributed by atoms with Crippen LogP contribution in [0.4, 0.5) is 0 Å². The van der Waals surface area contributed by atoms with Gasteiger partial charge in [-0.25, -0.2) is 0 Å². The van der Waals surface area contributed by atoms with Crippen LogP contribution in [0.3, 0.4) is 0 Å². The SMILES string of the molecule is CCO[C@H]1C[C@@H]2C=C(OC)C=C[C@]12C#N. The van der Waals surface area contributed by atoms with E-state index in [9.17, 15) is 5.26 Å². The molecule has 2 aliphatic rings. The van der Waals surface area contributed by atoms with Crippen LogP contribution in [0.25, 0.3) is 0 Å². The maximum atomic E-state index is 9.28. The lowest BCUT2D eigenvalue weighted by atomic mass is 9.57. The molecule has 0 spiro atoms. The molecule has 0 unspecified atom stereocenters. The van der Waals surface area contributed by atoms with Crippen LogP contribution >= 0.6 is 0 Å². The predicted molar refractivity (Wildman–Crippen MR) is 55.8 cm³/mol. The number of nitrogens with zero attached hydrogens (tertiary/aromatic N) is 1. The predicted octanol–water partition coefficient (Wildman–Crippen LogP) is 2.02. The van der Waals surface area contributed by atoms with Gasteiger partial charge in [0.2, 0.25) is 0 Å². The van der Waals surface area contributed by atoms with Gasteiger partial charge in [-0.1, -0.05) is 6.08 Å².